The maximum Gasteiger partial charge on any atom is 0.315 e. The minimum absolute atomic E-state index is 0.0251. The zero-order valence-corrected chi connectivity index (χ0v) is 12.2. The van der Waals surface area contributed by atoms with E-state index in [0.717, 1.165) is 18.4 Å². The Kier molecular flexibility index (Phi) is 5.20. The summed E-state index contributed by atoms with van der Waals surface area (Å²) in [6.45, 7) is 2.02. The largest absolute Gasteiger partial charge is 0.481 e. The number of benzene rings is 1. The molecule has 114 valence electrons. The van der Waals surface area contributed by atoms with Crippen LogP contribution < -0.4 is 10.6 Å². The molecule has 1 aromatic carbocycles. The van der Waals surface area contributed by atoms with Crippen LogP contribution in [0.4, 0.5) is 4.79 Å². The highest BCUT2D eigenvalue weighted by atomic mass is 16.4. The Hall–Kier alpha value is -2.04. The summed E-state index contributed by atoms with van der Waals surface area (Å²) in [5.41, 5.74) is 1.07. The lowest BCUT2D eigenvalue weighted by molar-refractivity contribution is -0.141. The lowest BCUT2D eigenvalue weighted by Gasteiger charge is -2.20. The monoisotopic (exact) mass is 290 g/mol. The molecule has 0 heterocycles. The van der Waals surface area contributed by atoms with E-state index >= 15 is 0 Å². The van der Waals surface area contributed by atoms with E-state index in [1.807, 2.05) is 37.3 Å². The van der Waals surface area contributed by atoms with Crippen molar-refractivity contribution in [3.63, 3.8) is 0 Å². The van der Waals surface area contributed by atoms with Crippen LogP contribution >= 0.6 is 0 Å². The maximum atomic E-state index is 12.0. The molecule has 5 heteroatoms. The topological polar surface area (TPSA) is 78.4 Å². The molecule has 0 bridgehead atoms. The summed E-state index contributed by atoms with van der Waals surface area (Å²) < 4.78 is 0. The van der Waals surface area contributed by atoms with Gasteiger partial charge in [-0.25, -0.2) is 4.79 Å². The fraction of sp³-hybridized carbons (Fsp3) is 0.500. The highest BCUT2D eigenvalue weighted by molar-refractivity contribution is 5.75. The second-order valence-electron chi connectivity index (χ2n) is 5.53. The zero-order chi connectivity index (χ0) is 15.2. The van der Waals surface area contributed by atoms with Crippen LogP contribution in [0.2, 0.25) is 0 Å². The molecule has 0 aromatic heterocycles. The molecule has 1 aromatic rings. The van der Waals surface area contributed by atoms with Gasteiger partial charge in [0.15, 0.2) is 0 Å². The smallest absolute Gasteiger partial charge is 0.315 e. The van der Waals surface area contributed by atoms with Crippen molar-refractivity contribution in [3.05, 3.63) is 35.9 Å². The highest BCUT2D eigenvalue weighted by Crippen LogP contribution is 2.25. The van der Waals surface area contributed by atoms with Crippen LogP contribution in [0.1, 0.15) is 44.2 Å². The van der Waals surface area contributed by atoms with Gasteiger partial charge in [0.2, 0.25) is 0 Å². The Labute approximate surface area is 124 Å². The first kappa shape index (κ1) is 15.4. The number of carbonyl (C=O) groups is 2. The Morgan fingerprint density at radius 3 is 2.57 bits per heavy atom. The second-order valence-corrected chi connectivity index (χ2v) is 5.53. The summed E-state index contributed by atoms with van der Waals surface area (Å²) >= 11 is 0. The van der Waals surface area contributed by atoms with E-state index < -0.39 is 5.97 Å². The Morgan fingerprint density at radius 1 is 1.29 bits per heavy atom. The maximum absolute atomic E-state index is 12.0. The van der Waals surface area contributed by atoms with Crippen molar-refractivity contribution < 1.29 is 14.7 Å². The molecular formula is C16H22N2O3. The molecule has 2 rings (SSSR count). The Balaban J connectivity index is 1.85. The number of carboxylic acids is 1. The van der Waals surface area contributed by atoms with Crippen LogP contribution in [-0.4, -0.2) is 23.1 Å². The zero-order valence-electron chi connectivity index (χ0n) is 12.2. The van der Waals surface area contributed by atoms with Crippen molar-refractivity contribution in [3.8, 4) is 0 Å². The van der Waals surface area contributed by atoms with Crippen LogP contribution in [0.25, 0.3) is 0 Å². The van der Waals surface area contributed by atoms with Crippen molar-refractivity contribution in [1.29, 1.82) is 0 Å². The van der Waals surface area contributed by atoms with Crippen molar-refractivity contribution >= 4 is 12.0 Å². The fourth-order valence-corrected chi connectivity index (χ4v) is 2.83. The first-order chi connectivity index (χ1) is 10.1. The molecule has 0 saturated heterocycles. The Morgan fingerprint density at radius 2 is 2.00 bits per heavy atom. The Bertz CT molecular complexity index is 490. The number of nitrogens with one attached hydrogen (secondary N) is 2. The first-order valence-corrected chi connectivity index (χ1v) is 7.45. The number of aliphatic carboxylic acids is 1. The molecular weight excluding hydrogens is 268 g/mol. The minimum atomic E-state index is -0.768. The average Bonchev–Trinajstić information content (AvgIpc) is 2.94. The minimum Gasteiger partial charge on any atom is -0.481 e. The van der Waals surface area contributed by atoms with E-state index in [1.54, 1.807) is 0 Å². The SMILES string of the molecule is CCC(NC(=O)N[C@H]1CC[C@@H](C(=O)O)C1)c1ccccc1. The number of hydrogen-bond donors (Lipinski definition) is 3. The normalized spacial score (nSPS) is 22.5. The van der Waals surface area contributed by atoms with Gasteiger partial charge in [0.05, 0.1) is 12.0 Å². The van der Waals surface area contributed by atoms with Crippen molar-refractivity contribution in [2.24, 2.45) is 5.92 Å². The van der Waals surface area contributed by atoms with Gasteiger partial charge in [0.1, 0.15) is 0 Å². The summed E-state index contributed by atoms with van der Waals surface area (Å²) in [4.78, 5) is 23.0. The van der Waals surface area contributed by atoms with E-state index in [9.17, 15) is 9.59 Å². The van der Waals surface area contributed by atoms with Gasteiger partial charge in [0.25, 0.3) is 0 Å². The first-order valence-electron chi connectivity index (χ1n) is 7.45. The summed E-state index contributed by atoms with van der Waals surface area (Å²) in [5, 5.41) is 14.8. The highest BCUT2D eigenvalue weighted by Gasteiger charge is 2.30. The molecule has 21 heavy (non-hydrogen) atoms. The summed E-state index contributed by atoms with van der Waals surface area (Å²) in [6.07, 6.45) is 2.69. The molecule has 0 aliphatic heterocycles. The van der Waals surface area contributed by atoms with E-state index in [0.29, 0.717) is 12.8 Å². The summed E-state index contributed by atoms with van der Waals surface area (Å²) in [6, 6.07) is 9.54. The van der Waals surface area contributed by atoms with Gasteiger partial charge in [-0.1, -0.05) is 37.3 Å². The van der Waals surface area contributed by atoms with Gasteiger partial charge in [-0.05, 0) is 31.2 Å². The summed E-state index contributed by atoms with van der Waals surface area (Å²) in [5.74, 6) is -1.10. The van der Waals surface area contributed by atoms with Crippen molar-refractivity contribution in [2.45, 2.75) is 44.7 Å². The van der Waals surface area contributed by atoms with E-state index in [4.69, 9.17) is 5.11 Å². The molecule has 3 N–H and O–H groups in total. The van der Waals surface area contributed by atoms with E-state index in [1.165, 1.54) is 0 Å². The van der Waals surface area contributed by atoms with Crippen molar-refractivity contribution in [2.75, 3.05) is 0 Å². The van der Waals surface area contributed by atoms with Gasteiger partial charge in [-0.3, -0.25) is 4.79 Å². The molecule has 0 radical (unpaired) electrons. The average molecular weight is 290 g/mol. The molecule has 5 nitrogen and oxygen atoms in total. The molecule has 3 atom stereocenters. The van der Waals surface area contributed by atoms with Crippen LogP contribution in [0, 0.1) is 5.92 Å². The molecule has 1 fully saturated rings. The van der Waals surface area contributed by atoms with Gasteiger partial charge >= 0.3 is 12.0 Å². The van der Waals surface area contributed by atoms with Crippen LogP contribution in [-0.2, 0) is 4.79 Å². The van der Waals surface area contributed by atoms with Gasteiger partial charge in [-0.15, -0.1) is 0 Å². The van der Waals surface area contributed by atoms with E-state index in [2.05, 4.69) is 10.6 Å². The van der Waals surface area contributed by atoms with Crippen LogP contribution in [0.5, 0.6) is 0 Å². The number of carboxylic acid groups (broad SMARTS) is 1. The predicted molar refractivity (Wildman–Crippen MR) is 79.9 cm³/mol. The lowest BCUT2D eigenvalue weighted by atomic mass is 10.1. The number of rotatable bonds is 5. The van der Waals surface area contributed by atoms with Crippen LogP contribution in [0.3, 0.4) is 0 Å². The molecule has 1 unspecified atom stereocenters. The predicted octanol–water partition coefficient (Wildman–Crippen LogP) is 2.69. The number of urea groups is 1. The fourth-order valence-electron chi connectivity index (χ4n) is 2.83. The number of hydrogen-bond acceptors (Lipinski definition) is 2. The summed E-state index contributed by atoms with van der Waals surface area (Å²) in [7, 11) is 0. The lowest BCUT2D eigenvalue weighted by Crippen LogP contribution is -2.42. The molecule has 0 spiro atoms. The third-order valence-electron chi connectivity index (χ3n) is 4.03. The molecule has 1 saturated carbocycles. The van der Waals surface area contributed by atoms with Gasteiger partial charge in [0, 0.05) is 6.04 Å². The third-order valence-corrected chi connectivity index (χ3v) is 4.03. The van der Waals surface area contributed by atoms with Crippen LogP contribution in [0.15, 0.2) is 30.3 Å². The third kappa shape index (κ3) is 4.21. The van der Waals surface area contributed by atoms with E-state index in [-0.39, 0.29) is 24.0 Å². The molecule has 1 aliphatic carbocycles. The number of amides is 2. The van der Waals surface area contributed by atoms with Gasteiger partial charge in [-0.2, -0.15) is 0 Å². The van der Waals surface area contributed by atoms with Crippen molar-refractivity contribution in [1.82, 2.24) is 10.6 Å². The van der Waals surface area contributed by atoms with Gasteiger partial charge < -0.3 is 15.7 Å². The standard InChI is InChI=1S/C16H22N2O3/c1-2-14(11-6-4-3-5-7-11)18-16(21)17-13-9-8-12(10-13)15(19)20/h3-7,12-14H,2,8-10H2,1H3,(H,19,20)(H2,17,18,21)/t12-,13+,14?/m1/s1. The molecule has 2 amide bonds. The number of carbonyl (C=O) groups excluding carboxylic acids is 1. The molecule has 1 aliphatic rings. The quantitative estimate of drug-likeness (QED) is 0.780. The second kappa shape index (κ2) is 7.11.